The van der Waals surface area contributed by atoms with Gasteiger partial charge < -0.3 is 5.32 Å². The van der Waals surface area contributed by atoms with E-state index < -0.39 is 15.8 Å². The van der Waals surface area contributed by atoms with Crippen molar-refractivity contribution in [1.82, 2.24) is 9.78 Å². The lowest BCUT2D eigenvalue weighted by Crippen LogP contribution is -2.19. The van der Waals surface area contributed by atoms with Crippen LogP contribution in [0.2, 0.25) is 5.02 Å². The number of nitro groups is 2. The van der Waals surface area contributed by atoms with Gasteiger partial charge in [-0.2, -0.15) is 5.10 Å². The zero-order chi connectivity index (χ0) is 16.3. The molecule has 2 rings (SSSR count). The molecule has 0 bridgehead atoms. The van der Waals surface area contributed by atoms with Gasteiger partial charge in [-0.1, -0.05) is 11.6 Å². The maximum absolute atomic E-state index is 11.8. The van der Waals surface area contributed by atoms with Gasteiger partial charge in [0, 0.05) is 12.1 Å². The molecule has 0 saturated heterocycles. The van der Waals surface area contributed by atoms with Crippen molar-refractivity contribution in [1.29, 1.82) is 0 Å². The van der Waals surface area contributed by atoms with E-state index >= 15 is 0 Å². The molecule has 1 aromatic carbocycles. The number of anilines is 1. The van der Waals surface area contributed by atoms with Gasteiger partial charge in [-0.3, -0.25) is 29.7 Å². The Balaban J connectivity index is 2.09. The number of carbonyl (C=O) groups is 1. The predicted octanol–water partition coefficient (Wildman–Crippen LogP) is 1.99. The summed E-state index contributed by atoms with van der Waals surface area (Å²) < 4.78 is 1.07. The van der Waals surface area contributed by atoms with Crippen LogP contribution < -0.4 is 5.32 Å². The number of benzene rings is 1. The molecule has 0 aliphatic rings. The van der Waals surface area contributed by atoms with Gasteiger partial charge >= 0.3 is 5.69 Å². The lowest BCUT2D eigenvalue weighted by atomic mass is 10.3. The molecule has 0 atom stereocenters. The molecule has 1 N–H and O–H groups in total. The molecule has 0 unspecified atom stereocenters. The van der Waals surface area contributed by atoms with Gasteiger partial charge in [-0.05, 0) is 6.07 Å². The second kappa shape index (κ2) is 6.18. The van der Waals surface area contributed by atoms with Crippen LogP contribution in [0.3, 0.4) is 0 Å². The topological polar surface area (TPSA) is 133 Å². The SMILES string of the molecule is O=C(Cn1cc([N+](=O)[O-])cn1)Nc1cc([N+](=O)[O-])ccc1Cl. The summed E-state index contributed by atoms with van der Waals surface area (Å²) in [6.45, 7) is -0.299. The quantitative estimate of drug-likeness (QED) is 0.660. The average molecular weight is 326 g/mol. The van der Waals surface area contributed by atoms with E-state index in [-0.39, 0.29) is 28.6 Å². The Bertz CT molecular complexity index is 759. The van der Waals surface area contributed by atoms with Crippen molar-refractivity contribution in [2.75, 3.05) is 5.32 Å². The number of nitro benzene ring substituents is 1. The summed E-state index contributed by atoms with van der Waals surface area (Å²) in [6, 6.07) is 3.61. The molecule has 114 valence electrons. The minimum Gasteiger partial charge on any atom is -0.323 e. The van der Waals surface area contributed by atoms with Gasteiger partial charge in [0.15, 0.2) is 0 Å². The Hall–Kier alpha value is -3.01. The number of amides is 1. The smallest absolute Gasteiger partial charge is 0.307 e. The van der Waals surface area contributed by atoms with Gasteiger partial charge in [0.2, 0.25) is 5.91 Å². The molecule has 1 aromatic heterocycles. The highest BCUT2D eigenvalue weighted by Crippen LogP contribution is 2.26. The predicted molar refractivity (Wildman–Crippen MR) is 75.6 cm³/mol. The van der Waals surface area contributed by atoms with Crippen LogP contribution in [0.25, 0.3) is 0 Å². The molecule has 10 nitrogen and oxygen atoms in total. The maximum atomic E-state index is 11.8. The van der Waals surface area contributed by atoms with Crippen molar-refractivity contribution in [3.05, 3.63) is 55.8 Å². The van der Waals surface area contributed by atoms with Crippen LogP contribution in [-0.4, -0.2) is 25.5 Å². The highest BCUT2D eigenvalue weighted by Gasteiger charge is 2.14. The number of hydrogen-bond donors (Lipinski definition) is 1. The van der Waals surface area contributed by atoms with E-state index in [1.807, 2.05) is 0 Å². The second-order valence-corrected chi connectivity index (χ2v) is 4.53. The Morgan fingerprint density at radius 1 is 1.27 bits per heavy atom. The number of hydrogen-bond acceptors (Lipinski definition) is 6. The first kappa shape index (κ1) is 15.4. The lowest BCUT2D eigenvalue weighted by Gasteiger charge is -2.07. The van der Waals surface area contributed by atoms with Crippen molar-refractivity contribution in [2.45, 2.75) is 6.54 Å². The number of rotatable bonds is 5. The molecule has 0 aliphatic heterocycles. The van der Waals surface area contributed by atoms with Gasteiger partial charge in [0.1, 0.15) is 18.9 Å². The van der Waals surface area contributed by atoms with Crippen molar-refractivity contribution in [2.24, 2.45) is 0 Å². The van der Waals surface area contributed by atoms with Crippen LogP contribution in [0.5, 0.6) is 0 Å². The molecule has 2 aromatic rings. The minimum absolute atomic E-state index is 0.0718. The van der Waals surface area contributed by atoms with Gasteiger partial charge in [-0.25, -0.2) is 0 Å². The van der Waals surface area contributed by atoms with Gasteiger partial charge in [-0.15, -0.1) is 0 Å². The summed E-state index contributed by atoms with van der Waals surface area (Å²) >= 11 is 5.84. The van der Waals surface area contributed by atoms with Crippen LogP contribution in [0.4, 0.5) is 17.1 Å². The number of non-ortho nitro benzene ring substituents is 1. The van der Waals surface area contributed by atoms with Crippen molar-refractivity contribution >= 4 is 34.6 Å². The molecule has 22 heavy (non-hydrogen) atoms. The largest absolute Gasteiger partial charge is 0.323 e. The molecule has 1 heterocycles. The van der Waals surface area contributed by atoms with Crippen LogP contribution in [0, 0.1) is 20.2 Å². The fourth-order valence-corrected chi connectivity index (χ4v) is 1.76. The number of carbonyl (C=O) groups excluding carboxylic acids is 1. The Kier molecular flexibility index (Phi) is 4.32. The summed E-state index contributed by atoms with van der Waals surface area (Å²) in [5.41, 5.74) is -0.405. The molecule has 11 heteroatoms. The third-order valence-electron chi connectivity index (χ3n) is 2.57. The van der Waals surface area contributed by atoms with Crippen LogP contribution in [0.1, 0.15) is 0 Å². The molecular formula is C11H8ClN5O5. The van der Waals surface area contributed by atoms with E-state index in [9.17, 15) is 25.0 Å². The second-order valence-electron chi connectivity index (χ2n) is 4.12. The normalized spacial score (nSPS) is 10.2. The van der Waals surface area contributed by atoms with Gasteiger partial charge in [0.05, 0.1) is 20.6 Å². The first-order chi connectivity index (χ1) is 10.4. The molecule has 0 fully saturated rings. The highest BCUT2D eigenvalue weighted by atomic mass is 35.5. The standard InChI is InChI=1S/C11H8ClN5O5/c12-9-2-1-7(16(19)20)3-10(9)14-11(18)6-15-5-8(4-13-15)17(21)22/h1-5H,6H2,(H,14,18). The first-order valence-electron chi connectivity index (χ1n) is 5.77. The Labute approximate surface area is 127 Å². The van der Waals surface area contributed by atoms with E-state index in [4.69, 9.17) is 11.6 Å². The minimum atomic E-state index is -0.640. The highest BCUT2D eigenvalue weighted by molar-refractivity contribution is 6.33. The van der Waals surface area contributed by atoms with Crippen LogP contribution in [-0.2, 0) is 11.3 Å². The molecule has 0 spiro atoms. The monoisotopic (exact) mass is 325 g/mol. The molecule has 0 saturated carbocycles. The summed E-state index contributed by atoms with van der Waals surface area (Å²) in [6.07, 6.45) is 2.10. The van der Waals surface area contributed by atoms with Crippen molar-refractivity contribution in [3.8, 4) is 0 Å². The molecule has 1 amide bonds. The number of aromatic nitrogens is 2. The van der Waals surface area contributed by atoms with E-state index in [2.05, 4.69) is 10.4 Å². The van der Waals surface area contributed by atoms with Crippen LogP contribution >= 0.6 is 11.6 Å². The van der Waals surface area contributed by atoms with E-state index in [1.54, 1.807) is 0 Å². The maximum Gasteiger partial charge on any atom is 0.307 e. The zero-order valence-electron chi connectivity index (χ0n) is 10.8. The molecule has 0 radical (unpaired) electrons. The summed E-state index contributed by atoms with van der Waals surface area (Å²) in [5.74, 6) is -0.583. The number of nitrogens with one attached hydrogen (secondary N) is 1. The van der Waals surface area contributed by atoms with E-state index in [0.29, 0.717) is 0 Å². The van der Waals surface area contributed by atoms with Crippen molar-refractivity contribution < 1.29 is 14.6 Å². The number of halogens is 1. The average Bonchev–Trinajstić information content (AvgIpc) is 2.89. The fraction of sp³-hybridized carbons (Fsp3) is 0.0909. The first-order valence-corrected chi connectivity index (χ1v) is 6.15. The Morgan fingerprint density at radius 3 is 2.55 bits per heavy atom. The summed E-state index contributed by atoms with van der Waals surface area (Å²) in [5, 5.41) is 27.4. The fourth-order valence-electron chi connectivity index (χ4n) is 1.59. The lowest BCUT2D eigenvalue weighted by molar-refractivity contribution is -0.385. The summed E-state index contributed by atoms with van der Waals surface area (Å²) in [4.78, 5) is 31.7. The molecule has 0 aliphatic carbocycles. The van der Waals surface area contributed by atoms with Gasteiger partial charge in [0.25, 0.3) is 5.69 Å². The van der Waals surface area contributed by atoms with E-state index in [0.717, 1.165) is 23.1 Å². The van der Waals surface area contributed by atoms with Crippen LogP contribution in [0.15, 0.2) is 30.6 Å². The third kappa shape index (κ3) is 3.55. The summed E-state index contributed by atoms with van der Waals surface area (Å²) in [7, 11) is 0. The third-order valence-corrected chi connectivity index (χ3v) is 2.90. The zero-order valence-corrected chi connectivity index (χ0v) is 11.6. The Morgan fingerprint density at radius 2 is 1.95 bits per heavy atom. The van der Waals surface area contributed by atoms with Crippen molar-refractivity contribution in [3.63, 3.8) is 0 Å². The number of nitrogens with zero attached hydrogens (tertiary/aromatic N) is 4. The molecular weight excluding hydrogens is 318 g/mol. The van der Waals surface area contributed by atoms with E-state index in [1.165, 1.54) is 12.1 Å².